The van der Waals surface area contributed by atoms with Crippen molar-refractivity contribution in [3.63, 3.8) is 0 Å². The van der Waals surface area contributed by atoms with Crippen molar-refractivity contribution in [3.8, 4) is 11.8 Å². The van der Waals surface area contributed by atoms with Gasteiger partial charge in [-0.1, -0.05) is 24.3 Å². The van der Waals surface area contributed by atoms with E-state index in [2.05, 4.69) is 16.8 Å². The van der Waals surface area contributed by atoms with Crippen LogP contribution in [0.15, 0.2) is 36.4 Å². The Bertz CT molecular complexity index is 566. The molecular weight excluding hydrogens is 210 g/mol. The van der Waals surface area contributed by atoms with Crippen LogP contribution in [0.3, 0.4) is 0 Å². The number of pyridine rings is 1. The molecule has 2 rings (SSSR count). The fourth-order valence-corrected chi connectivity index (χ4v) is 1.75. The average Bonchev–Trinajstić information content (AvgIpc) is 2.38. The number of aliphatic hydroxyl groups is 1. The molecule has 86 valence electrons. The maximum atomic E-state index is 9.98. The summed E-state index contributed by atoms with van der Waals surface area (Å²) in [6.07, 6.45) is 0.804. The lowest BCUT2D eigenvalue weighted by atomic mass is 10.1. The molecule has 0 spiro atoms. The molecule has 0 radical (unpaired) electrons. The summed E-state index contributed by atoms with van der Waals surface area (Å²) >= 11 is 0. The Morgan fingerprint density at radius 3 is 2.88 bits per heavy atom. The van der Waals surface area contributed by atoms with Crippen molar-refractivity contribution in [3.05, 3.63) is 42.1 Å². The highest BCUT2D eigenvalue weighted by Gasteiger charge is 2.08. The summed E-state index contributed by atoms with van der Waals surface area (Å²) in [7, 11) is 0. The molecule has 1 N–H and O–H groups in total. The number of aromatic nitrogens is 1. The molecule has 0 aliphatic heterocycles. The smallest absolute Gasteiger partial charge is 0.0969 e. The summed E-state index contributed by atoms with van der Waals surface area (Å²) < 4.78 is 0. The zero-order valence-corrected chi connectivity index (χ0v) is 9.85. The third kappa shape index (κ3) is 2.83. The summed E-state index contributed by atoms with van der Waals surface area (Å²) in [4.78, 5) is 4.46. The molecule has 0 fully saturated rings. The fourth-order valence-electron chi connectivity index (χ4n) is 1.75. The van der Waals surface area contributed by atoms with E-state index < -0.39 is 6.10 Å². The van der Waals surface area contributed by atoms with E-state index in [1.165, 1.54) is 0 Å². The van der Waals surface area contributed by atoms with Gasteiger partial charge in [-0.2, -0.15) is 0 Å². The van der Waals surface area contributed by atoms with Crippen molar-refractivity contribution in [2.75, 3.05) is 0 Å². The van der Waals surface area contributed by atoms with Gasteiger partial charge in [-0.05, 0) is 25.5 Å². The third-order valence-corrected chi connectivity index (χ3v) is 2.68. The standard InChI is InChI=1S/C15H15NO/c1-2-3-4-9-15(17)14-11-10-12-7-5-6-8-13(12)16-14/h5-8,10-11,15,17H,4,9H2,1H3. The Kier molecular flexibility index (Phi) is 3.74. The van der Waals surface area contributed by atoms with Gasteiger partial charge < -0.3 is 5.11 Å². The number of aliphatic hydroxyl groups excluding tert-OH is 1. The number of para-hydroxylation sites is 1. The second kappa shape index (κ2) is 5.47. The molecule has 1 unspecified atom stereocenters. The normalized spacial score (nSPS) is 11.9. The van der Waals surface area contributed by atoms with Crippen LogP contribution in [0.2, 0.25) is 0 Å². The first-order chi connectivity index (χ1) is 8.31. The lowest BCUT2D eigenvalue weighted by Gasteiger charge is -2.09. The lowest BCUT2D eigenvalue weighted by molar-refractivity contribution is 0.165. The van der Waals surface area contributed by atoms with Crippen LogP contribution >= 0.6 is 0 Å². The Balaban J connectivity index is 2.19. The van der Waals surface area contributed by atoms with Gasteiger partial charge in [0.2, 0.25) is 0 Å². The molecule has 0 aliphatic rings. The van der Waals surface area contributed by atoms with Crippen molar-refractivity contribution in [1.29, 1.82) is 0 Å². The fraction of sp³-hybridized carbons (Fsp3) is 0.267. The van der Waals surface area contributed by atoms with E-state index in [0.717, 1.165) is 16.6 Å². The molecule has 2 nitrogen and oxygen atoms in total. The van der Waals surface area contributed by atoms with E-state index in [1.807, 2.05) is 36.4 Å². The first-order valence-electron chi connectivity index (χ1n) is 5.74. The number of hydrogen-bond donors (Lipinski definition) is 1. The van der Waals surface area contributed by atoms with Gasteiger partial charge in [0.1, 0.15) is 0 Å². The minimum absolute atomic E-state index is 0.527. The first-order valence-corrected chi connectivity index (χ1v) is 5.74. The summed E-state index contributed by atoms with van der Waals surface area (Å²) in [6.45, 7) is 1.81. The zero-order chi connectivity index (χ0) is 12.1. The Morgan fingerprint density at radius 1 is 1.24 bits per heavy atom. The van der Waals surface area contributed by atoms with Crippen LogP contribution in [-0.4, -0.2) is 10.1 Å². The molecule has 17 heavy (non-hydrogen) atoms. The van der Waals surface area contributed by atoms with E-state index in [1.54, 1.807) is 6.92 Å². The van der Waals surface area contributed by atoms with Crippen molar-refractivity contribution < 1.29 is 5.11 Å². The Hall–Kier alpha value is -1.85. The van der Waals surface area contributed by atoms with Gasteiger partial charge in [-0.15, -0.1) is 11.8 Å². The molecule has 1 heterocycles. The molecule has 1 aromatic carbocycles. The second-order valence-electron chi connectivity index (χ2n) is 3.91. The average molecular weight is 225 g/mol. The molecule has 0 amide bonds. The summed E-state index contributed by atoms with van der Waals surface area (Å²) in [5.41, 5.74) is 1.65. The summed E-state index contributed by atoms with van der Waals surface area (Å²) in [5.74, 6) is 5.77. The van der Waals surface area contributed by atoms with Gasteiger partial charge in [0.15, 0.2) is 0 Å². The van der Waals surface area contributed by atoms with E-state index >= 15 is 0 Å². The second-order valence-corrected chi connectivity index (χ2v) is 3.91. The first kappa shape index (κ1) is 11.6. The van der Waals surface area contributed by atoms with Crippen molar-refractivity contribution in [2.24, 2.45) is 0 Å². The molecule has 0 saturated carbocycles. The number of rotatable bonds is 3. The van der Waals surface area contributed by atoms with Crippen LogP contribution in [0, 0.1) is 11.8 Å². The number of benzene rings is 1. The summed E-state index contributed by atoms with van der Waals surface area (Å²) in [6, 6.07) is 11.8. The molecular formula is C15H15NO. The quantitative estimate of drug-likeness (QED) is 0.814. The van der Waals surface area contributed by atoms with Gasteiger partial charge in [0, 0.05) is 11.8 Å². The van der Waals surface area contributed by atoms with Crippen molar-refractivity contribution >= 4 is 10.9 Å². The number of fused-ring (bicyclic) bond motifs is 1. The molecule has 0 saturated heterocycles. The Labute approximate surface area is 101 Å². The van der Waals surface area contributed by atoms with Crippen LogP contribution < -0.4 is 0 Å². The SMILES string of the molecule is CC#CCCC(O)c1ccc2ccccc2n1. The number of nitrogens with zero attached hydrogens (tertiary/aromatic N) is 1. The van der Waals surface area contributed by atoms with Gasteiger partial charge in [0.25, 0.3) is 0 Å². The third-order valence-electron chi connectivity index (χ3n) is 2.68. The highest BCUT2D eigenvalue weighted by atomic mass is 16.3. The van der Waals surface area contributed by atoms with Crippen LogP contribution in [0.4, 0.5) is 0 Å². The van der Waals surface area contributed by atoms with Crippen molar-refractivity contribution in [2.45, 2.75) is 25.9 Å². The zero-order valence-electron chi connectivity index (χ0n) is 9.85. The van der Waals surface area contributed by atoms with E-state index in [-0.39, 0.29) is 0 Å². The van der Waals surface area contributed by atoms with E-state index in [4.69, 9.17) is 0 Å². The molecule has 2 aromatic rings. The molecule has 0 bridgehead atoms. The minimum Gasteiger partial charge on any atom is -0.387 e. The van der Waals surface area contributed by atoms with Gasteiger partial charge in [-0.3, -0.25) is 4.98 Å². The Morgan fingerprint density at radius 2 is 2.06 bits per heavy atom. The predicted octanol–water partition coefficient (Wildman–Crippen LogP) is 3.07. The molecule has 1 aromatic heterocycles. The highest BCUT2D eigenvalue weighted by Crippen LogP contribution is 2.19. The van der Waals surface area contributed by atoms with Gasteiger partial charge in [-0.25, -0.2) is 0 Å². The van der Waals surface area contributed by atoms with Crippen LogP contribution in [0.25, 0.3) is 10.9 Å². The van der Waals surface area contributed by atoms with Crippen LogP contribution in [0.5, 0.6) is 0 Å². The maximum absolute atomic E-state index is 9.98. The van der Waals surface area contributed by atoms with E-state index in [0.29, 0.717) is 12.8 Å². The van der Waals surface area contributed by atoms with E-state index in [9.17, 15) is 5.11 Å². The molecule has 1 atom stereocenters. The summed E-state index contributed by atoms with van der Waals surface area (Å²) in [5, 5.41) is 11.1. The topological polar surface area (TPSA) is 33.1 Å². The minimum atomic E-state index is -0.527. The van der Waals surface area contributed by atoms with Gasteiger partial charge in [0.05, 0.1) is 17.3 Å². The largest absolute Gasteiger partial charge is 0.387 e. The monoisotopic (exact) mass is 225 g/mol. The van der Waals surface area contributed by atoms with Crippen molar-refractivity contribution in [1.82, 2.24) is 4.98 Å². The van der Waals surface area contributed by atoms with Crippen LogP contribution in [-0.2, 0) is 0 Å². The predicted molar refractivity (Wildman–Crippen MR) is 69.4 cm³/mol. The molecule has 0 aliphatic carbocycles. The number of hydrogen-bond acceptors (Lipinski definition) is 2. The lowest BCUT2D eigenvalue weighted by Crippen LogP contribution is -2.00. The molecule has 2 heteroatoms. The van der Waals surface area contributed by atoms with Crippen LogP contribution in [0.1, 0.15) is 31.6 Å². The highest BCUT2D eigenvalue weighted by molar-refractivity contribution is 5.78. The van der Waals surface area contributed by atoms with Gasteiger partial charge >= 0.3 is 0 Å². The maximum Gasteiger partial charge on any atom is 0.0969 e.